The molecule has 2 unspecified atom stereocenters. The monoisotopic (exact) mass is 556 g/mol. The molecule has 0 amide bonds. The third-order valence-electron chi connectivity index (χ3n) is 5.69. The number of guanidine groups is 1. The van der Waals surface area contributed by atoms with E-state index in [1.165, 1.54) is 0 Å². The number of ether oxygens (including phenoxy) is 3. The fourth-order valence-electron chi connectivity index (χ4n) is 3.72. The summed E-state index contributed by atoms with van der Waals surface area (Å²) in [5, 5.41) is 15.4. The molecule has 0 saturated carbocycles. The van der Waals surface area contributed by atoms with Crippen LogP contribution in [0.3, 0.4) is 0 Å². The van der Waals surface area contributed by atoms with Gasteiger partial charge in [-0.1, -0.05) is 18.2 Å². The highest BCUT2D eigenvalue weighted by Crippen LogP contribution is 2.31. The fourth-order valence-corrected chi connectivity index (χ4v) is 3.72. The molecular weight excluding hydrogens is 523 g/mol. The SMILES string of the molecule is Cc1nnc(CN=C(NCCCOC2CCOC2)NC2CCOc3ccccc32)n1C.I. The third-order valence-corrected chi connectivity index (χ3v) is 5.69. The number of para-hydroxylation sites is 1. The molecule has 9 nitrogen and oxygen atoms in total. The van der Waals surface area contributed by atoms with Crippen molar-refractivity contribution in [1.82, 2.24) is 25.4 Å². The van der Waals surface area contributed by atoms with E-state index in [-0.39, 0.29) is 36.1 Å². The van der Waals surface area contributed by atoms with Crippen molar-refractivity contribution in [1.29, 1.82) is 0 Å². The van der Waals surface area contributed by atoms with Crippen LogP contribution in [-0.2, 0) is 23.1 Å². The molecule has 32 heavy (non-hydrogen) atoms. The second-order valence-corrected chi connectivity index (χ2v) is 7.90. The zero-order valence-corrected chi connectivity index (χ0v) is 21.1. The molecule has 4 rings (SSSR count). The zero-order valence-electron chi connectivity index (χ0n) is 18.7. The standard InChI is InChI=1S/C22H32N6O3.HI/c1-16-26-27-21(28(16)2)14-24-22(23-10-5-11-30-17-8-12-29-15-17)25-19-9-13-31-20-7-4-3-6-18(19)20;/h3-4,6-7,17,19H,5,8-15H2,1-2H3,(H2,23,24,25);1H. The normalized spacial score (nSPS) is 20.2. The summed E-state index contributed by atoms with van der Waals surface area (Å²) in [4.78, 5) is 4.78. The van der Waals surface area contributed by atoms with Crippen molar-refractivity contribution in [2.45, 2.75) is 44.9 Å². The molecule has 0 spiro atoms. The third kappa shape index (κ3) is 6.55. The molecule has 2 atom stereocenters. The number of benzene rings is 1. The highest BCUT2D eigenvalue weighted by atomic mass is 127. The Hall–Kier alpha value is -1.92. The van der Waals surface area contributed by atoms with Gasteiger partial charge in [0.2, 0.25) is 0 Å². The van der Waals surface area contributed by atoms with Crippen LogP contribution in [0.15, 0.2) is 29.3 Å². The molecule has 0 bridgehead atoms. The molecule has 1 aromatic heterocycles. The van der Waals surface area contributed by atoms with Crippen molar-refractivity contribution < 1.29 is 14.2 Å². The van der Waals surface area contributed by atoms with Crippen LogP contribution < -0.4 is 15.4 Å². The molecule has 2 N–H and O–H groups in total. The highest BCUT2D eigenvalue weighted by molar-refractivity contribution is 14.0. The topological polar surface area (TPSA) is 94.8 Å². The molecule has 2 aliphatic rings. The van der Waals surface area contributed by atoms with Gasteiger partial charge in [-0.25, -0.2) is 4.99 Å². The van der Waals surface area contributed by atoms with Gasteiger partial charge in [-0.05, 0) is 25.8 Å². The van der Waals surface area contributed by atoms with Gasteiger partial charge in [-0.15, -0.1) is 34.2 Å². The van der Waals surface area contributed by atoms with Crippen LogP contribution in [0.2, 0.25) is 0 Å². The summed E-state index contributed by atoms with van der Waals surface area (Å²) in [6.07, 6.45) is 3.00. The van der Waals surface area contributed by atoms with E-state index in [1.807, 2.05) is 36.7 Å². The van der Waals surface area contributed by atoms with Crippen LogP contribution >= 0.6 is 24.0 Å². The number of aryl methyl sites for hydroxylation is 1. The molecular formula is C22H33IN6O3. The lowest BCUT2D eigenvalue weighted by molar-refractivity contribution is 0.0420. The first-order chi connectivity index (χ1) is 15.2. The molecule has 3 heterocycles. The van der Waals surface area contributed by atoms with E-state index in [0.717, 1.165) is 61.3 Å². The van der Waals surface area contributed by atoms with Gasteiger partial charge in [0.25, 0.3) is 0 Å². The van der Waals surface area contributed by atoms with Crippen LogP contribution in [0.4, 0.5) is 0 Å². The van der Waals surface area contributed by atoms with Crippen molar-refractivity contribution in [3.8, 4) is 5.75 Å². The Morgan fingerprint density at radius 3 is 2.91 bits per heavy atom. The average molecular weight is 556 g/mol. The summed E-state index contributed by atoms with van der Waals surface area (Å²) >= 11 is 0. The number of aromatic nitrogens is 3. The summed E-state index contributed by atoms with van der Waals surface area (Å²) in [5.41, 5.74) is 1.15. The minimum Gasteiger partial charge on any atom is -0.493 e. The maximum Gasteiger partial charge on any atom is 0.192 e. The van der Waals surface area contributed by atoms with Gasteiger partial charge in [0.05, 0.1) is 25.4 Å². The van der Waals surface area contributed by atoms with E-state index in [4.69, 9.17) is 19.2 Å². The number of aliphatic imine (C=N–C) groups is 1. The Balaban J connectivity index is 0.00000289. The van der Waals surface area contributed by atoms with Crippen LogP contribution in [0.25, 0.3) is 0 Å². The van der Waals surface area contributed by atoms with E-state index in [9.17, 15) is 0 Å². The van der Waals surface area contributed by atoms with E-state index in [1.54, 1.807) is 0 Å². The van der Waals surface area contributed by atoms with Crippen LogP contribution in [-0.4, -0.2) is 59.8 Å². The predicted octanol–water partition coefficient (Wildman–Crippen LogP) is 2.50. The number of rotatable bonds is 8. The van der Waals surface area contributed by atoms with Gasteiger partial charge < -0.3 is 29.4 Å². The Kier molecular flexibility index (Phi) is 9.54. The van der Waals surface area contributed by atoms with Crippen molar-refractivity contribution >= 4 is 29.9 Å². The Morgan fingerprint density at radius 2 is 2.12 bits per heavy atom. The number of nitrogens with one attached hydrogen (secondary N) is 2. The van der Waals surface area contributed by atoms with Crippen molar-refractivity contribution in [2.24, 2.45) is 12.0 Å². The quantitative estimate of drug-likeness (QED) is 0.223. The van der Waals surface area contributed by atoms with E-state index < -0.39 is 0 Å². The molecule has 2 aromatic rings. The first-order valence-corrected chi connectivity index (χ1v) is 11.0. The Bertz CT molecular complexity index is 884. The van der Waals surface area contributed by atoms with Crippen molar-refractivity contribution in [3.05, 3.63) is 41.5 Å². The average Bonchev–Trinajstić information content (AvgIpc) is 3.42. The summed E-state index contributed by atoms with van der Waals surface area (Å²) in [5.74, 6) is 3.39. The van der Waals surface area contributed by atoms with Gasteiger partial charge in [-0.3, -0.25) is 0 Å². The van der Waals surface area contributed by atoms with Gasteiger partial charge in [0, 0.05) is 38.8 Å². The summed E-state index contributed by atoms with van der Waals surface area (Å²) in [6, 6.07) is 8.30. The largest absolute Gasteiger partial charge is 0.493 e. The Labute approximate surface area is 206 Å². The molecule has 10 heteroatoms. The first-order valence-electron chi connectivity index (χ1n) is 11.0. The van der Waals surface area contributed by atoms with Gasteiger partial charge >= 0.3 is 0 Å². The highest BCUT2D eigenvalue weighted by Gasteiger charge is 2.22. The van der Waals surface area contributed by atoms with Crippen molar-refractivity contribution in [2.75, 3.05) is 33.0 Å². The second kappa shape index (κ2) is 12.4. The molecule has 1 saturated heterocycles. The number of halogens is 1. The lowest BCUT2D eigenvalue weighted by atomic mass is 10.0. The maximum absolute atomic E-state index is 5.87. The number of hydrogen-bond acceptors (Lipinski definition) is 6. The van der Waals surface area contributed by atoms with Gasteiger partial charge in [0.1, 0.15) is 18.1 Å². The minimum atomic E-state index is 0. The molecule has 1 aromatic carbocycles. The minimum absolute atomic E-state index is 0. The maximum atomic E-state index is 5.87. The molecule has 1 fully saturated rings. The number of fused-ring (bicyclic) bond motifs is 1. The lowest BCUT2D eigenvalue weighted by Gasteiger charge is -2.28. The summed E-state index contributed by atoms with van der Waals surface area (Å²) in [6.45, 7) is 6.06. The number of nitrogens with zero attached hydrogens (tertiary/aromatic N) is 4. The summed E-state index contributed by atoms with van der Waals surface area (Å²) in [7, 11) is 1.96. The molecule has 176 valence electrons. The van der Waals surface area contributed by atoms with E-state index in [2.05, 4.69) is 26.9 Å². The van der Waals surface area contributed by atoms with Crippen LogP contribution in [0, 0.1) is 6.92 Å². The smallest absolute Gasteiger partial charge is 0.192 e. The Morgan fingerprint density at radius 1 is 1.25 bits per heavy atom. The van der Waals surface area contributed by atoms with Crippen LogP contribution in [0.1, 0.15) is 42.5 Å². The predicted molar refractivity (Wildman–Crippen MR) is 133 cm³/mol. The van der Waals surface area contributed by atoms with Gasteiger partial charge in [0.15, 0.2) is 11.8 Å². The van der Waals surface area contributed by atoms with E-state index >= 15 is 0 Å². The second-order valence-electron chi connectivity index (χ2n) is 7.90. The fraction of sp³-hybridized carbons (Fsp3) is 0.591. The molecule has 0 radical (unpaired) electrons. The van der Waals surface area contributed by atoms with Crippen LogP contribution in [0.5, 0.6) is 5.75 Å². The van der Waals surface area contributed by atoms with Crippen molar-refractivity contribution in [3.63, 3.8) is 0 Å². The molecule has 2 aliphatic heterocycles. The lowest BCUT2D eigenvalue weighted by Crippen LogP contribution is -2.41. The number of hydrogen-bond donors (Lipinski definition) is 2. The first kappa shape index (κ1) is 24.7. The molecule has 0 aliphatic carbocycles. The zero-order chi connectivity index (χ0) is 21.5. The van der Waals surface area contributed by atoms with Gasteiger partial charge in [-0.2, -0.15) is 0 Å². The van der Waals surface area contributed by atoms with E-state index in [0.29, 0.717) is 26.4 Å². The summed E-state index contributed by atoms with van der Waals surface area (Å²) < 4.78 is 19.0.